The van der Waals surface area contributed by atoms with E-state index in [0.29, 0.717) is 22.9 Å². The third-order valence-corrected chi connectivity index (χ3v) is 4.20. The maximum absolute atomic E-state index is 12.1. The molecule has 0 aliphatic carbocycles. The summed E-state index contributed by atoms with van der Waals surface area (Å²) in [7, 11) is 1.56. The molecule has 27 heavy (non-hydrogen) atoms. The normalized spacial score (nSPS) is 11.5. The number of aryl methyl sites for hydroxylation is 2. The predicted octanol–water partition coefficient (Wildman–Crippen LogP) is 4.44. The monoisotopic (exact) mass is 366 g/mol. The van der Waals surface area contributed by atoms with Crippen molar-refractivity contribution in [1.82, 2.24) is 0 Å². The zero-order valence-electron chi connectivity index (χ0n) is 15.8. The lowest BCUT2D eigenvalue weighted by molar-refractivity contribution is -0.120. The molecule has 1 aromatic heterocycles. The highest BCUT2D eigenvalue weighted by atomic mass is 16.6. The molecular formula is C21H22N2O4. The number of furan rings is 1. The molecule has 0 radical (unpaired) electrons. The van der Waals surface area contributed by atoms with Crippen LogP contribution in [0.2, 0.25) is 0 Å². The third-order valence-electron chi connectivity index (χ3n) is 4.20. The summed E-state index contributed by atoms with van der Waals surface area (Å²) in [5, 5.41) is 7.82. The minimum Gasteiger partial charge on any atom is -0.495 e. The molecule has 0 saturated heterocycles. The number of rotatable bonds is 6. The number of hydrogen-bond acceptors (Lipinski definition) is 5. The molecule has 0 spiro atoms. The molecule has 1 heterocycles. The van der Waals surface area contributed by atoms with Crippen molar-refractivity contribution in [3.63, 3.8) is 0 Å². The number of hydrogen-bond donors (Lipinski definition) is 1. The fourth-order valence-electron chi connectivity index (χ4n) is 2.85. The number of benzene rings is 2. The molecule has 2 aromatic carbocycles. The van der Waals surface area contributed by atoms with Crippen LogP contribution in [-0.2, 0) is 9.63 Å². The molecule has 0 saturated carbocycles. The summed E-state index contributed by atoms with van der Waals surface area (Å²) in [6, 6.07) is 13.3. The minimum absolute atomic E-state index is 0.215. The lowest BCUT2D eigenvalue weighted by Crippen LogP contribution is -2.18. The Bertz CT molecular complexity index is 1000. The first-order chi connectivity index (χ1) is 13.0. The van der Waals surface area contributed by atoms with E-state index in [4.69, 9.17) is 14.0 Å². The van der Waals surface area contributed by atoms with Crippen LogP contribution in [0, 0.1) is 13.8 Å². The Morgan fingerprint density at radius 3 is 2.70 bits per heavy atom. The van der Waals surface area contributed by atoms with Gasteiger partial charge in [-0.2, -0.15) is 0 Å². The number of nitrogens with one attached hydrogen (secondary N) is 1. The molecule has 3 rings (SSSR count). The quantitative estimate of drug-likeness (QED) is 0.517. The molecule has 1 N–H and O–H groups in total. The Hall–Kier alpha value is -3.28. The second kappa shape index (κ2) is 7.95. The number of para-hydroxylation sites is 1. The van der Waals surface area contributed by atoms with Gasteiger partial charge >= 0.3 is 0 Å². The van der Waals surface area contributed by atoms with E-state index in [-0.39, 0.29) is 12.5 Å². The van der Waals surface area contributed by atoms with E-state index in [9.17, 15) is 4.79 Å². The number of carbonyl (C=O) groups excluding carboxylic acids is 1. The molecule has 140 valence electrons. The molecule has 6 nitrogen and oxygen atoms in total. The van der Waals surface area contributed by atoms with Gasteiger partial charge in [-0.3, -0.25) is 4.79 Å². The number of oxime groups is 1. The van der Waals surface area contributed by atoms with Crippen LogP contribution in [0.25, 0.3) is 11.0 Å². The van der Waals surface area contributed by atoms with Gasteiger partial charge in [0.25, 0.3) is 5.91 Å². The molecule has 0 fully saturated rings. The van der Waals surface area contributed by atoms with Gasteiger partial charge in [-0.25, -0.2) is 0 Å². The Balaban J connectivity index is 1.65. The lowest BCUT2D eigenvalue weighted by Gasteiger charge is -2.10. The summed E-state index contributed by atoms with van der Waals surface area (Å²) < 4.78 is 11.1. The molecule has 3 aromatic rings. The molecule has 0 aliphatic heterocycles. The van der Waals surface area contributed by atoms with Crippen LogP contribution in [0.4, 0.5) is 5.69 Å². The van der Waals surface area contributed by atoms with E-state index in [2.05, 4.69) is 10.5 Å². The first-order valence-corrected chi connectivity index (χ1v) is 8.59. The van der Waals surface area contributed by atoms with Gasteiger partial charge in [0.15, 0.2) is 12.4 Å². The Labute approximate surface area is 157 Å². The predicted molar refractivity (Wildman–Crippen MR) is 105 cm³/mol. The summed E-state index contributed by atoms with van der Waals surface area (Å²) in [5.74, 6) is 0.917. The van der Waals surface area contributed by atoms with Gasteiger partial charge in [-0.1, -0.05) is 29.4 Å². The highest BCUT2D eigenvalue weighted by molar-refractivity contribution is 6.02. The first-order valence-electron chi connectivity index (χ1n) is 8.59. The second-order valence-corrected chi connectivity index (χ2v) is 6.25. The molecule has 0 atom stereocenters. The highest BCUT2D eigenvalue weighted by Crippen LogP contribution is 2.26. The van der Waals surface area contributed by atoms with Crippen LogP contribution in [0.5, 0.6) is 5.75 Å². The van der Waals surface area contributed by atoms with Crippen molar-refractivity contribution in [3.05, 3.63) is 59.4 Å². The molecule has 1 amide bonds. The largest absolute Gasteiger partial charge is 0.495 e. The maximum Gasteiger partial charge on any atom is 0.265 e. The zero-order valence-corrected chi connectivity index (χ0v) is 15.8. The van der Waals surface area contributed by atoms with Gasteiger partial charge in [0.2, 0.25) is 0 Å². The minimum atomic E-state index is -0.322. The van der Waals surface area contributed by atoms with Gasteiger partial charge in [0, 0.05) is 10.9 Å². The number of amides is 1. The van der Waals surface area contributed by atoms with Crippen molar-refractivity contribution >= 4 is 28.3 Å². The molecule has 0 aliphatic rings. The van der Waals surface area contributed by atoms with Crippen LogP contribution in [0.3, 0.4) is 0 Å². The van der Waals surface area contributed by atoms with E-state index in [1.54, 1.807) is 20.1 Å². The van der Waals surface area contributed by atoms with Crippen LogP contribution < -0.4 is 10.1 Å². The van der Waals surface area contributed by atoms with Gasteiger partial charge < -0.3 is 19.3 Å². The van der Waals surface area contributed by atoms with Crippen molar-refractivity contribution in [2.45, 2.75) is 20.8 Å². The van der Waals surface area contributed by atoms with Crippen molar-refractivity contribution in [3.8, 4) is 5.75 Å². The topological polar surface area (TPSA) is 73.1 Å². The first kappa shape index (κ1) is 18.5. The van der Waals surface area contributed by atoms with Gasteiger partial charge in [-0.05, 0) is 44.5 Å². The van der Waals surface area contributed by atoms with E-state index in [1.807, 2.05) is 50.2 Å². The summed E-state index contributed by atoms with van der Waals surface area (Å²) in [4.78, 5) is 17.3. The Morgan fingerprint density at radius 1 is 1.19 bits per heavy atom. The van der Waals surface area contributed by atoms with Crippen LogP contribution in [0.15, 0.2) is 52.0 Å². The van der Waals surface area contributed by atoms with Crippen molar-refractivity contribution in [1.29, 1.82) is 0 Å². The van der Waals surface area contributed by atoms with E-state index in [0.717, 1.165) is 22.1 Å². The van der Waals surface area contributed by atoms with E-state index < -0.39 is 0 Å². The standard InChI is InChI=1S/C21H22N2O4/c1-13-9-10-19(25-4)17(11-13)22-20(24)12-26-23-15(3)21-14(2)16-7-5-6-8-18(16)27-21/h5-11H,12H2,1-4H3,(H,22,24). The lowest BCUT2D eigenvalue weighted by atomic mass is 10.1. The summed E-state index contributed by atoms with van der Waals surface area (Å²) in [6.45, 7) is 5.48. The summed E-state index contributed by atoms with van der Waals surface area (Å²) in [6.07, 6.45) is 0. The average molecular weight is 366 g/mol. The molecular weight excluding hydrogens is 344 g/mol. The second-order valence-electron chi connectivity index (χ2n) is 6.25. The molecule has 6 heteroatoms. The summed E-state index contributed by atoms with van der Waals surface area (Å²) >= 11 is 0. The Morgan fingerprint density at radius 2 is 1.96 bits per heavy atom. The number of methoxy groups -OCH3 is 1. The number of fused-ring (bicyclic) bond motifs is 1. The van der Waals surface area contributed by atoms with Gasteiger partial charge in [0.05, 0.1) is 12.8 Å². The number of nitrogens with zero attached hydrogens (tertiary/aromatic N) is 1. The molecule has 0 bridgehead atoms. The van der Waals surface area contributed by atoms with Crippen LogP contribution in [0.1, 0.15) is 23.8 Å². The number of ether oxygens (including phenoxy) is 1. The van der Waals surface area contributed by atoms with Crippen molar-refractivity contribution < 1.29 is 18.8 Å². The Kier molecular flexibility index (Phi) is 5.45. The average Bonchev–Trinajstić information content (AvgIpc) is 2.99. The highest BCUT2D eigenvalue weighted by Gasteiger charge is 2.13. The van der Waals surface area contributed by atoms with Gasteiger partial charge in [-0.15, -0.1) is 0 Å². The van der Waals surface area contributed by atoms with Crippen LogP contribution in [-0.4, -0.2) is 25.3 Å². The number of anilines is 1. The van der Waals surface area contributed by atoms with Gasteiger partial charge in [0.1, 0.15) is 17.0 Å². The summed E-state index contributed by atoms with van der Waals surface area (Å²) in [5.41, 5.74) is 3.97. The maximum atomic E-state index is 12.1. The fraction of sp³-hybridized carbons (Fsp3) is 0.238. The molecule has 0 unspecified atom stereocenters. The van der Waals surface area contributed by atoms with Crippen molar-refractivity contribution in [2.75, 3.05) is 19.0 Å². The fourth-order valence-corrected chi connectivity index (χ4v) is 2.85. The number of carbonyl (C=O) groups is 1. The van der Waals surface area contributed by atoms with Crippen LogP contribution >= 0.6 is 0 Å². The van der Waals surface area contributed by atoms with E-state index >= 15 is 0 Å². The third kappa shape index (κ3) is 4.11. The van der Waals surface area contributed by atoms with Crippen molar-refractivity contribution in [2.24, 2.45) is 5.16 Å². The van der Waals surface area contributed by atoms with E-state index in [1.165, 1.54) is 0 Å². The SMILES string of the molecule is COc1ccc(C)cc1NC(=O)CON=C(C)c1oc2ccccc2c1C. The smallest absolute Gasteiger partial charge is 0.265 e. The zero-order chi connectivity index (χ0) is 19.4.